The van der Waals surface area contributed by atoms with Gasteiger partial charge in [0.05, 0.1) is 12.2 Å². The van der Waals surface area contributed by atoms with Gasteiger partial charge < -0.3 is 14.8 Å². The lowest BCUT2D eigenvalue weighted by molar-refractivity contribution is -0.131. The molecule has 3 rings (SSSR count). The van der Waals surface area contributed by atoms with Crippen LogP contribution < -0.4 is 10.1 Å². The molecule has 5 nitrogen and oxygen atoms in total. The Bertz CT molecular complexity index is 828. The van der Waals surface area contributed by atoms with Gasteiger partial charge in [0.1, 0.15) is 10.8 Å². The minimum atomic E-state index is -0.350. The number of thiophene rings is 1. The van der Waals surface area contributed by atoms with Crippen LogP contribution >= 0.6 is 11.3 Å². The van der Waals surface area contributed by atoms with Gasteiger partial charge in [-0.3, -0.25) is 4.79 Å². The second-order valence-corrected chi connectivity index (χ2v) is 7.65. The fourth-order valence-electron chi connectivity index (χ4n) is 3.37. The van der Waals surface area contributed by atoms with Crippen molar-refractivity contribution in [1.29, 1.82) is 0 Å². The van der Waals surface area contributed by atoms with E-state index in [1.54, 1.807) is 17.4 Å². The van der Waals surface area contributed by atoms with Crippen LogP contribution in [-0.2, 0) is 28.9 Å². The maximum atomic E-state index is 12.6. The van der Waals surface area contributed by atoms with E-state index < -0.39 is 0 Å². The molecule has 0 saturated heterocycles. The van der Waals surface area contributed by atoms with Gasteiger partial charge in [-0.05, 0) is 44.2 Å². The van der Waals surface area contributed by atoms with Crippen LogP contribution in [0.1, 0.15) is 59.5 Å². The van der Waals surface area contributed by atoms with Crippen molar-refractivity contribution < 1.29 is 19.1 Å². The summed E-state index contributed by atoms with van der Waals surface area (Å²) in [6.07, 6.45) is 5.39. The van der Waals surface area contributed by atoms with Crippen LogP contribution in [0.5, 0.6) is 5.75 Å². The molecule has 0 amide bonds. The summed E-state index contributed by atoms with van der Waals surface area (Å²) in [6.45, 7) is 4.04. The number of aryl methyl sites for hydroxylation is 1. The number of para-hydroxylation sites is 1. The number of hydrogen-bond donors (Lipinski definition) is 1. The lowest BCUT2D eigenvalue weighted by Gasteiger charge is -2.12. The molecule has 27 heavy (non-hydrogen) atoms. The van der Waals surface area contributed by atoms with Crippen molar-refractivity contribution >= 4 is 28.3 Å². The summed E-state index contributed by atoms with van der Waals surface area (Å²) in [5.74, 6) is -0.0709. The molecule has 0 bridgehead atoms. The quantitative estimate of drug-likeness (QED) is 0.441. The summed E-state index contributed by atoms with van der Waals surface area (Å²) < 4.78 is 10.6. The number of rotatable bonds is 6. The normalized spacial score (nSPS) is 13.4. The molecular formula is C21H25NO4S. The maximum absolute atomic E-state index is 12.6. The highest BCUT2D eigenvalue weighted by atomic mass is 32.1. The van der Waals surface area contributed by atoms with Crippen molar-refractivity contribution in [3.05, 3.63) is 45.8 Å². The molecule has 144 valence electrons. The molecule has 0 fully saturated rings. The van der Waals surface area contributed by atoms with Crippen LogP contribution in [0.15, 0.2) is 24.3 Å². The van der Waals surface area contributed by atoms with E-state index in [2.05, 4.69) is 5.32 Å². The van der Waals surface area contributed by atoms with Gasteiger partial charge in [-0.1, -0.05) is 24.6 Å². The highest BCUT2D eigenvalue weighted by molar-refractivity contribution is 7.16. The zero-order valence-electron chi connectivity index (χ0n) is 15.8. The van der Waals surface area contributed by atoms with E-state index in [0.717, 1.165) is 41.8 Å². The Balaban J connectivity index is 1.87. The smallest absolute Gasteiger partial charge is 0.341 e. The number of benzene rings is 1. The fraction of sp³-hybridized carbons (Fsp3) is 0.429. The summed E-state index contributed by atoms with van der Waals surface area (Å²) in [5, 5.41) is 4.23. The first-order valence-corrected chi connectivity index (χ1v) is 10.2. The van der Waals surface area contributed by atoms with E-state index in [9.17, 15) is 9.59 Å². The molecule has 0 saturated carbocycles. The van der Waals surface area contributed by atoms with Crippen molar-refractivity contribution in [3.8, 4) is 5.75 Å². The van der Waals surface area contributed by atoms with Crippen LogP contribution in [0, 0.1) is 0 Å². The van der Waals surface area contributed by atoms with E-state index >= 15 is 0 Å². The zero-order valence-corrected chi connectivity index (χ0v) is 16.6. The highest BCUT2D eigenvalue weighted by Gasteiger charge is 2.25. The van der Waals surface area contributed by atoms with Crippen LogP contribution in [0.4, 0.5) is 5.00 Å². The highest BCUT2D eigenvalue weighted by Crippen LogP contribution is 2.38. The second kappa shape index (κ2) is 9.04. The van der Waals surface area contributed by atoms with Gasteiger partial charge in [-0.15, -0.1) is 11.3 Å². The molecular weight excluding hydrogens is 362 g/mol. The third-order valence-corrected chi connectivity index (χ3v) is 5.82. The molecule has 0 unspecified atom stereocenters. The molecule has 1 aliphatic rings. The van der Waals surface area contributed by atoms with Crippen molar-refractivity contribution in [2.24, 2.45) is 0 Å². The number of ether oxygens (including phenoxy) is 2. The summed E-state index contributed by atoms with van der Waals surface area (Å²) >= 11 is 1.65. The van der Waals surface area contributed by atoms with Crippen LogP contribution in [0.3, 0.4) is 0 Å². The van der Waals surface area contributed by atoms with Gasteiger partial charge in [-0.2, -0.15) is 0 Å². The maximum Gasteiger partial charge on any atom is 0.341 e. The molecule has 0 atom stereocenters. The molecule has 2 aromatic rings. The predicted molar refractivity (Wildman–Crippen MR) is 107 cm³/mol. The topological polar surface area (TPSA) is 64.6 Å². The van der Waals surface area contributed by atoms with Gasteiger partial charge in [0.15, 0.2) is 0 Å². The Hall–Kier alpha value is -2.34. The predicted octanol–water partition coefficient (Wildman–Crippen LogP) is 4.73. The van der Waals surface area contributed by atoms with Crippen molar-refractivity contribution in [2.75, 3.05) is 11.9 Å². The van der Waals surface area contributed by atoms with E-state index in [-0.39, 0.29) is 11.9 Å². The summed E-state index contributed by atoms with van der Waals surface area (Å²) in [6, 6.07) is 7.42. The number of carbonyl (C=O) groups is 2. The Labute approximate surface area is 163 Å². The number of hydrogen-bond acceptors (Lipinski definition) is 6. The molecule has 1 N–H and O–H groups in total. The molecule has 1 aromatic carbocycles. The molecule has 0 spiro atoms. The minimum Gasteiger partial charge on any atom is -0.462 e. The van der Waals surface area contributed by atoms with E-state index in [1.807, 2.05) is 25.1 Å². The summed E-state index contributed by atoms with van der Waals surface area (Å²) in [4.78, 5) is 25.2. The Morgan fingerprint density at radius 3 is 2.70 bits per heavy atom. The first-order chi connectivity index (χ1) is 13.1. The number of carbonyl (C=O) groups excluding carboxylic acids is 2. The van der Waals surface area contributed by atoms with E-state index in [4.69, 9.17) is 9.47 Å². The SMILES string of the molecule is CCOC(=O)c1c(NCc2ccccc2OC(C)=O)sc2c1CCCCC2. The standard InChI is InChI=1S/C21H25NO4S/c1-3-25-21(24)19-16-10-5-4-6-12-18(16)27-20(19)22-13-15-9-7-8-11-17(15)26-14(2)23/h7-9,11,22H,3-6,10,12-13H2,1-2H3. The molecule has 1 aliphatic carbocycles. The van der Waals surface area contributed by atoms with Gasteiger partial charge in [0.2, 0.25) is 0 Å². The first-order valence-electron chi connectivity index (χ1n) is 9.42. The zero-order chi connectivity index (χ0) is 19.2. The molecule has 1 aromatic heterocycles. The van der Waals surface area contributed by atoms with Crippen LogP contribution in [0.25, 0.3) is 0 Å². The first kappa shape index (κ1) is 19.4. The molecule has 1 heterocycles. The van der Waals surface area contributed by atoms with Gasteiger partial charge in [-0.25, -0.2) is 4.79 Å². The lowest BCUT2D eigenvalue weighted by Crippen LogP contribution is -2.11. The number of nitrogens with one attached hydrogen (secondary N) is 1. The largest absolute Gasteiger partial charge is 0.462 e. The third kappa shape index (κ3) is 4.69. The molecule has 0 aliphatic heterocycles. The van der Waals surface area contributed by atoms with Crippen molar-refractivity contribution in [2.45, 2.75) is 52.5 Å². The van der Waals surface area contributed by atoms with Crippen LogP contribution in [0.2, 0.25) is 0 Å². The summed E-state index contributed by atoms with van der Waals surface area (Å²) in [5.41, 5.74) is 2.70. The lowest BCUT2D eigenvalue weighted by atomic mass is 10.1. The van der Waals surface area contributed by atoms with Gasteiger partial charge >= 0.3 is 11.9 Å². The molecule has 6 heteroatoms. The monoisotopic (exact) mass is 387 g/mol. The fourth-order valence-corrected chi connectivity index (χ4v) is 4.64. The molecule has 0 radical (unpaired) electrons. The van der Waals surface area contributed by atoms with Crippen molar-refractivity contribution in [3.63, 3.8) is 0 Å². The van der Waals surface area contributed by atoms with Crippen LogP contribution in [-0.4, -0.2) is 18.5 Å². The van der Waals surface area contributed by atoms with Gasteiger partial charge in [0.25, 0.3) is 0 Å². The Morgan fingerprint density at radius 2 is 1.93 bits per heavy atom. The average molecular weight is 388 g/mol. The van der Waals surface area contributed by atoms with Crippen molar-refractivity contribution in [1.82, 2.24) is 0 Å². The minimum absolute atomic E-state index is 0.257. The number of anilines is 1. The average Bonchev–Trinajstić information content (AvgIpc) is 2.82. The number of esters is 2. The van der Waals surface area contributed by atoms with Gasteiger partial charge in [0, 0.05) is 23.9 Å². The Morgan fingerprint density at radius 1 is 1.15 bits per heavy atom. The Kier molecular flexibility index (Phi) is 6.50. The summed E-state index contributed by atoms with van der Waals surface area (Å²) in [7, 11) is 0. The number of fused-ring (bicyclic) bond motifs is 1. The second-order valence-electron chi connectivity index (χ2n) is 6.54. The van der Waals surface area contributed by atoms with E-state index in [1.165, 1.54) is 18.2 Å². The van der Waals surface area contributed by atoms with E-state index in [0.29, 0.717) is 24.5 Å². The third-order valence-electron chi connectivity index (χ3n) is 4.57.